The molecule has 0 radical (unpaired) electrons. The van der Waals surface area contributed by atoms with Crippen LogP contribution in [-0.2, 0) is 4.79 Å². The molecule has 0 aromatic carbocycles. The summed E-state index contributed by atoms with van der Waals surface area (Å²) < 4.78 is 0. The highest BCUT2D eigenvalue weighted by atomic mass is 35.5. The van der Waals surface area contributed by atoms with Gasteiger partial charge in [-0.25, -0.2) is 0 Å². The fourth-order valence-electron chi connectivity index (χ4n) is 1.91. The average Bonchev–Trinajstić information content (AvgIpc) is 2.79. The van der Waals surface area contributed by atoms with Crippen LogP contribution in [0.15, 0.2) is 12.3 Å². The Bertz CT molecular complexity index is 426. The van der Waals surface area contributed by atoms with Crippen molar-refractivity contribution in [2.24, 2.45) is 5.73 Å². The highest BCUT2D eigenvalue weighted by Gasteiger charge is 2.20. The second-order valence-corrected chi connectivity index (χ2v) is 4.16. The third-order valence-electron chi connectivity index (χ3n) is 2.84. The van der Waals surface area contributed by atoms with Crippen molar-refractivity contribution in [3.8, 4) is 0 Å². The van der Waals surface area contributed by atoms with Gasteiger partial charge in [0.25, 0.3) is 5.91 Å². The maximum absolute atomic E-state index is 11.8. The predicted octanol–water partition coefficient (Wildman–Crippen LogP) is 0.616. The number of carbonyl (C=O) groups excluding carboxylic acids is 2. The Morgan fingerprint density at radius 1 is 1.39 bits per heavy atom. The minimum absolute atomic E-state index is 0. The van der Waals surface area contributed by atoms with Gasteiger partial charge in [-0.2, -0.15) is 0 Å². The topological polar surface area (TPSA) is 100 Å². The number of hydrogen-bond acceptors (Lipinski definition) is 3. The van der Waals surface area contributed by atoms with E-state index in [4.69, 9.17) is 5.73 Å². The lowest BCUT2D eigenvalue weighted by Crippen LogP contribution is -2.43. The molecule has 2 rings (SSSR count). The van der Waals surface area contributed by atoms with Crippen molar-refractivity contribution < 1.29 is 9.59 Å². The summed E-state index contributed by atoms with van der Waals surface area (Å²) in [7, 11) is 0. The van der Waals surface area contributed by atoms with E-state index in [0.717, 1.165) is 25.8 Å². The Hall–Kier alpha value is -1.53. The molecule has 0 bridgehead atoms. The predicted molar refractivity (Wildman–Crippen MR) is 70.8 cm³/mol. The number of primary amides is 1. The molecule has 1 aliphatic rings. The van der Waals surface area contributed by atoms with Crippen molar-refractivity contribution in [2.75, 3.05) is 11.9 Å². The molecule has 2 heterocycles. The number of aromatic amines is 1. The van der Waals surface area contributed by atoms with Crippen LogP contribution >= 0.6 is 12.4 Å². The highest BCUT2D eigenvalue weighted by Crippen LogP contribution is 2.12. The molecule has 0 aliphatic carbocycles. The van der Waals surface area contributed by atoms with Crippen LogP contribution in [0.4, 0.5) is 5.69 Å². The molecule has 1 aromatic heterocycles. The molecular weight excluding hydrogens is 256 g/mol. The fraction of sp³-hybridized carbons (Fsp3) is 0.455. The van der Waals surface area contributed by atoms with Crippen LogP contribution in [0.25, 0.3) is 0 Å². The SMILES string of the molecule is Cl.NC(=O)c1cc(NC(=O)C2CCCCN2)c[nH]1. The van der Waals surface area contributed by atoms with Crippen LogP contribution < -0.4 is 16.4 Å². The van der Waals surface area contributed by atoms with E-state index in [9.17, 15) is 9.59 Å². The number of H-pyrrole nitrogens is 1. The first-order valence-corrected chi connectivity index (χ1v) is 5.69. The summed E-state index contributed by atoms with van der Waals surface area (Å²) in [5.41, 5.74) is 5.96. The van der Waals surface area contributed by atoms with Crippen molar-refractivity contribution in [3.63, 3.8) is 0 Å². The molecular formula is C11H17ClN4O2. The zero-order valence-corrected chi connectivity index (χ0v) is 10.7. The maximum Gasteiger partial charge on any atom is 0.265 e. The van der Waals surface area contributed by atoms with Crippen molar-refractivity contribution >= 4 is 29.9 Å². The van der Waals surface area contributed by atoms with Crippen LogP contribution in [0.5, 0.6) is 0 Å². The Labute approximate surface area is 111 Å². The molecule has 100 valence electrons. The monoisotopic (exact) mass is 272 g/mol. The minimum atomic E-state index is -0.540. The molecule has 1 fully saturated rings. The molecule has 5 N–H and O–H groups in total. The van der Waals surface area contributed by atoms with E-state index in [-0.39, 0.29) is 30.0 Å². The summed E-state index contributed by atoms with van der Waals surface area (Å²) in [5.74, 6) is -0.610. The largest absolute Gasteiger partial charge is 0.364 e. The van der Waals surface area contributed by atoms with E-state index >= 15 is 0 Å². The van der Waals surface area contributed by atoms with Gasteiger partial charge >= 0.3 is 0 Å². The maximum atomic E-state index is 11.8. The van der Waals surface area contributed by atoms with Crippen molar-refractivity contribution in [3.05, 3.63) is 18.0 Å². The van der Waals surface area contributed by atoms with Gasteiger partial charge in [0, 0.05) is 6.20 Å². The lowest BCUT2D eigenvalue weighted by atomic mass is 10.0. The first-order chi connectivity index (χ1) is 8.16. The number of rotatable bonds is 3. The summed E-state index contributed by atoms with van der Waals surface area (Å²) in [6.07, 6.45) is 4.57. The van der Waals surface area contributed by atoms with E-state index in [1.807, 2.05) is 0 Å². The second-order valence-electron chi connectivity index (χ2n) is 4.16. The summed E-state index contributed by atoms with van der Waals surface area (Å²) in [4.78, 5) is 25.4. The standard InChI is InChI=1S/C11H16N4O2.ClH/c12-10(16)9-5-7(6-14-9)15-11(17)8-3-1-2-4-13-8;/h5-6,8,13-14H,1-4H2,(H2,12,16)(H,15,17);1H. The number of nitrogens with one attached hydrogen (secondary N) is 3. The van der Waals surface area contributed by atoms with Gasteiger partial charge in [0.15, 0.2) is 0 Å². The fourth-order valence-corrected chi connectivity index (χ4v) is 1.91. The zero-order chi connectivity index (χ0) is 12.3. The summed E-state index contributed by atoms with van der Waals surface area (Å²) in [6, 6.07) is 1.39. The van der Waals surface area contributed by atoms with Gasteiger partial charge in [0.05, 0.1) is 11.7 Å². The first kappa shape index (κ1) is 14.5. The Kier molecular flexibility index (Phi) is 5.18. The van der Waals surface area contributed by atoms with Gasteiger partial charge in [-0.1, -0.05) is 6.42 Å². The molecule has 1 atom stereocenters. The molecule has 1 unspecified atom stereocenters. The lowest BCUT2D eigenvalue weighted by Gasteiger charge is -2.22. The molecule has 0 spiro atoms. The summed E-state index contributed by atoms with van der Waals surface area (Å²) in [5, 5.41) is 5.90. The molecule has 0 saturated carbocycles. The van der Waals surface area contributed by atoms with Gasteiger partial charge in [-0.3, -0.25) is 9.59 Å². The first-order valence-electron chi connectivity index (χ1n) is 5.69. The van der Waals surface area contributed by atoms with Crippen molar-refractivity contribution in [2.45, 2.75) is 25.3 Å². The van der Waals surface area contributed by atoms with Crippen LogP contribution in [0.2, 0.25) is 0 Å². The van der Waals surface area contributed by atoms with E-state index in [1.165, 1.54) is 6.07 Å². The smallest absolute Gasteiger partial charge is 0.265 e. The molecule has 18 heavy (non-hydrogen) atoms. The minimum Gasteiger partial charge on any atom is -0.364 e. The van der Waals surface area contributed by atoms with Gasteiger partial charge in [0.2, 0.25) is 5.91 Å². The molecule has 1 saturated heterocycles. The number of piperidine rings is 1. The average molecular weight is 273 g/mol. The number of amides is 2. The molecule has 7 heteroatoms. The van der Waals surface area contributed by atoms with Crippen molar-refractivity contribution in [1.29, 1.82) is 0 Å². The van der Waals surface area contributed by atoms with E-state index in [2.05, 4.69) is 15.6 Å². The van der Waals surface area contributed by atoms with Gasteiger partial charge < -0.3 is 21.4 Å². The molecule has 1 aliphatic heterocycles. The Morgan fingerprint density at radius 2 is 2.17 bits per heavy atom. The van der Waals surface area contributed by atoms with Crippen LogP contribution in [0.1, 0.15) is 29.8 Å². The van der Waals surface area contributed by atoms with E-state index in [0.29, 0.717) is 5.69 Å². The highest BCUT2D eigenvalue weighted by molar-refractivity contribution is 5.97. The quantitative estimate of drug-likeness (QED) is 0.649. The van der Waals surface area contributed by atoms with Crippen LogP contribution in [0, 0.1) is 0 Å². The Balaban J connectivity index is 0.00000162. The van der Waals surface area contributed by atoms with Gasteiger partial charge in [-0.15, -0.1) is 12.4 Å². The number of hydrogen-bond donors (Lipinski definition) is 4. The number of carbonyl (C=O) groups is 2. The lowest BCUT2D eigenvalue weighted by molar-refractivity contribution is -0.118. The summed E-state index contributed by atoms with van der Waals surface area (Å²) in [6.45, 7) is 0.873. The molecule has 2 amide bonds. The summed E-state index contributed by atoms with van der Waals surface area (Å²) >= 11 is 0. The van der Waals surface area contributed by atoms with Crippen LogP contribution in [-0.4, -0.2) is 29.4 Å². The zero-order valence-electron chi connectivity index (χ0n) is 9.86. The Morgan fingerprint density at radius 3 is 2.72 bits per heavy atom. The molecule has 1 aromatic rings. The normalized spacial score (nSPS) is 18.8. The number of anilines is 1. The third kappa shape index (κ3) is 3.48. The van der Waals surface area contributed by atoms with E-state index < -0.39 is 5.91 Å². The van der Waals surface area contributed by atoms with Gasteiger partial charge in [0.1, 0.15) is 5.69 Å². The molecule has 6 nitrogen and oxygen atoms in total. The second kappa shape index (κ2) is 6.42. The van der Waals surface area contributed by atoms with Crippen molar-refractivity contribution in [1.82, 2.24) is 10.3 Å². The number of nitrogens with two attached hydrogens (primary N) is 1. The van der Waals surface area contributed by atoms with E-state index in [1.54, 1.807) is 6.20 Å². The van der Waals surface area contributed by atoms with Gasteiger partial charge in [-0.05, 0) is 25.5 Å². The third-order valence-corrected chi connectivity index (χ3v) is 2.84. The number of aromatic nitrogens is 1. The number of halogens is 1. The van der Waals surface area contributed by atoms with Crippen LogP contribution in [0.3, 0.4) is 0 Å².